The van der Waals surface area contributed by atoms with Gasteiger partial charge in [-0.3, -0.25) is 4.99 Å². The highest BCUT2D eigenvalue weighted by Gasteiger charge is 2.19. The van der Waals surface area contributed by atoms with E-state index in [0.29, 0.717) is 24.3 Å². The fraction of sp³-hybridized carbons (Fsp3) is 0.667. The molecule has 8 nitrogen and oxygen atoms in total. The number of aliphatic imine (C=N–C) groups is 1. The van der Waals surface area contributed by atoms with E-state index < -0.39 is 0 Å². The van der Waals surface area contributed by atoms with Crippen LogP contribution in [-0.2, 0) is 18.4 Å². The van der Waals surface area contributed by atoms with Gasteiger partial charge < -0.3 is 19.6 Å². The molecule has 144 valence electrons. The van der Waals surface area contributed by atoms with Crippen molar-refractivity contribution in [3.63, 3.8) is 0 Å². The number of hydrogen-bond acceptors (Lipinski definition) is 6. The van der Waals surface area contributed by atoms with Crippen LogP contribution in [0.1, 0.15) is 70.3 Å². The average molecular weight is 362 g/mol. The molecule has 0 saturated carbocycles. The van der Waals surface area contributed by atoms with Crippen molar-refractivity contribution in [2.24, 2.45) is 4.99 Å². The zero-order valence-electron chi connectivity index (χ0n) is 16.6. The molecule has 0 spiro atoms. The molecule has 0 aromatic carbocycles. The van der Waals surface area contributed by atoms with E-state index in [2.05, 4.69) is 51.5 Å². The lowest BCUT2D eigenvalue weighted by Crippen LogP contribution is -2.37. The molecule has 0 bridgehead atoms. The monoisotopic (exact) mass is 362 g/mol. The van der Waals surface area contributed by atoms with Crippen molar-refractivity contribution < 1.29 is 8.94 Å². The summed E-state index contributed by atoms with van der Waals surface area (Å²) in [6, 6.07) is 0. The molecular weight excluding hydrogens is 332 g/mol. The fourth-order valence-electron chi connectivity index (χ4n) is 2.17. The Morgan fingerprint density at radius 1 is 1.23 bits per heavy atom. The third-order valence-electron chi connectivity index (χ3n) is 3.78. The van der Waals surface area contributed by atoms with Crippen molar-refractivity contribution in [2.45, 2.75) is 65.3 Å². The van der Waals surface area contributed by atoms with Crippen molar-refractivity contribution in [1.82, 2.24) is 25.8 Å². The molecule has 8 heteroatoms. The normalized spacial score (nSPS) is 12.7. The van der Waals surface area contributed by atoms with Crippen molar-refractivity contribution in [3.05, 3.63) is 29.6 Å². The van der Waals surface area contributed by atoms with Gasteiger partial charge in [0.2, 0.25) is 11.8 Å². The first kappa shape index (κ1) is 19.9. The largest absolute Gasteiger partial charge is 0.443 e. The van der Waals surface area contributed by atoms with Crippen molar-refractivity contribution in [3.8, 4) is 0 Å². The van der Waals surface area contributed by atoms with Crippen molar-refractivity contribution in [2.75, 3.05) is 13.6 Å². The highest BCUT2D eigenvalue weighted by atomic mass is 16.5. The summed E-state index contributed by atoms with van der Waals surface area (Å²) in [5.41, 5.74) is -0.0463. The Balaban J connectivity index is 1.71. The van der Waals surface area contributed by atoms with Gasteiger partial charge in [0.15, 0.2) is 11.8 Å². The second-order valence-corrected chi connectivity index (χ2v) is 7.53. The Kier molecular flexibility index (Phi) is 6.76. The number of nitrogens with one attached hydrogen (secondary N) is 2. The predicted octanol–water partition coefficient (Wildman–Crippen LogP) is 2.78. The van der Waals surface area contributed by atoms with Gasteiger partial charge in [-0.15, -0.1) is 0 Å². The SMILES string of the molecule is CN=C(NCCCc1nc(C(C)C)no1)NCc1ncc(C(C)(C)C)o1. The minimum absolute atomic E-state index is 0.0463. The highest BCUT2D eigenvalue weighted by Crippen LogP contribution is 2.22. The summed E-state index contributed by atoms with van der Waals surface area (Å²) < 4.78 is 11.0. The summed E-state index contributed by atoms with van der Waals surface area (Å²) in [6.07, 6.45) is 3.38. The molecule has 0 amide bonds. The molecule has 0 unspecified atom stereocenters. The molecule has 0 radical (unpaired) electrons. The van der Waals surface area contributed by atoms with Crippen LogP contribution in [0.3, 0.4) is 0 Å². The highest BCUT2D eigenvalue weighted by molar-refractivity contribution is 5.79. The van der Waals surface area contributed by atoms with Gasteiger partial charge in [0.05, 0.1) is 12.7 Å². The quantitative estimate of drug-likeness (QED) is 0.443. The molecular formula is C18H30N6O2. The molecule has 0 atom stereocenters. The lowest BCUT2D eigenvalue weighted by atomic mass is 9.94. The van der Waals surface area contributed by atoms with E-state index in [9.17, 15) is 0 Å². The summed E-state index contributed by atoms with van der Waals surface area (Å²) in [7, 11) is 1.73. The van der Waals surface area contributed by atoms with E-state index >= 15 is 0 Å². The number of aryl methyl sites for hydroxylation is 1. The van der Waals surface area contributed by atoms with Gasteiger partial charge in [0.1, 0.15) is 5.76 Å². The third-order valence-corrected chi connectivity index (χ3v) is 3.78. The van der Waals surface area contributed by atoms with Crippen LogP contribution in [0, 0.1) is 0 Å². The number of guanidine groups is 1. The van der Waals surface area contributed by atoms with Crippen molar-refractivity contribution in [1.29, 1.82) is 0 Å². The Hall–Kier alpha value is -2.38. The molecule has 26 heavy (non-hydrogen) atoms. The topological polar surface area (TPSA) is 101 Å². The molecule has 0 fully saturated rings. The minimum atomic E-state index is -0.0463. The van der Waals surface area contributed by atoms with E-state index in [-0.39, 0.29) is 11.3 Å². The Labute approximate surface area is 154 Å². The van der Waals surface area contributed by atoms with Crippen LogP contribution in [0.25, 0.3) is 0 Å². The first-order valence-corrected chi connectivity index (χ1v) is 9.01. The fourth-order valence-corrected chi connectivity index (χ4v) is 2.17. The first-order chi connectivity index (χ1) is 12.3. The molecule has 0 aliphatic rings. The van der Waals surface area contributed by atoms with Crippen LogP contribution in [-0.4, -0.2) is 34.7 Å². The maximum Gasteiger partial charge on any atom is 0.226 e. The van der Waals surface area contributed by atoms with Gasteiger partial charge in [0.25, 0.3) is 0 Å². The van der Waals surface area contributed by atoms with Gasteiger partial charge in [-0.25, -0.2) is 4.98 Å². The molecule has 2 heterocycles. The second kappa shape index (κ2) is 8.82. The molecule has 2 rings (SSSR count). The number of nitrogens with zero attached hydrogens (tertiary/aromatic N) is 4. The number of rotatable bonds is 7. The molecule has 2 aromatic heterocycles. The van der Waals surface area contributed by atoms with Crippen LogP contribution in [0.15, 0.2) is 20.1 Å². The molecule has 0 aliphatic heterocycles. The van der Waals surface area contributed by atoms with E-state index in [1.54, 1.807) is 13.2 Å². The third kappa shape index (κ3) is 5.86. The van der Waals surface area contributed by atoms with Gasteiger partial charge in [-0.05, 0) is 6.42 Å². The maximum absolute atomic E-state index is 5.76. The van der Waals surface area contributed by atoms with E-state index in [1.807, 2.05) is 13.8 Å². The van der Waals surface area contributed by atoms with E-state index in [0.717, 1.165) is 31.0 Å². The van der Waals surface area contributed by atoms with Crippen LogP contribution in [0.5, 0.6) is 0 Å². The summed E-state index contributed by atoms with van der Waals surface area (Å²) in [5.74, 6) is 3.93. The lowest BCUT2D eigenvalue weighted by Gasteiger charge is -2.13. The van der Waals surface area contributed by atoms with Crippen LogP contribution in [0.2, 0.25) is 0 Å². The smallest absolute Gasteiger partial charge is 0.226 e. The number of aromatic nitrogens is 3. The molecule has 2 N–H and O–H groups in total. The van der Waals surface area contributed by atoms with Crippen LogP contribution < -0.4 is 10.6 Å². The van der Waals surface area contributed by atoms with Gasteiger partial charge in [0, 0.05) is 31.3 Å². The van der Waals surface area contributed by atoms with Crippen LogP contribution in [0.4, 0.5) is 0 Å². The zero-order chi connectivity index (χ0) is 19.2. The Morgan fingerprint density at radius 2 is 2.00 bits per heavy atom. The molecule has 0 aliphatic carbocycles. The number of oxazole rings is 1. The first-order valence-electron chi connectivity index (χ1n) is 9.01. The summed E-state index contributed by atoms with van der Waals surface area (Å²) in [5, 5.41) is 10.4. The average Bonchev–Trinajstić information content (AvgIpc) is 3.23. The summed E-state index contributed by atoms with van der Waals surface area (Å²) in [6.45, 7) is 11.6. The predicted molar refractivity (Wildman–Crippen MR) is 100 cm³/mol. The van der Waals surface area contributed by atoms with Gasteiger partial charge in [-0.1, -0.05) is 39.8 Å². The Morgan fingerprint density at radius 3 is 2.58 bits per heavy atom. The second-order valence-electron chi connectivity index (χ2n) is 7.53. The Bertz CT molecular complexity index is 711. The standard InChI is InChI=1S/C18H30N6O2/c1-12(2)16-23-14(26-24-16)8-7-9-20-17(19-6)22-11-15-21-10-13(25-15)18(3,4)5/h10,12H,7-9,11H2,1-6H3,(H2,19,20,22). The van der Waals surface area contributed by atoms with E-state index in [1.165, 1.54) is 0 Å². The molecule has 0 saturated heterocycles. The maximum atomic E-state index is 5.76. The minimum Gasteiger partial charge on any atom is -0.443 e. The number of hydrogen-bond donors (Lipinski definition) is 2. The van der Waals surface area contributed by atoms with E-state index in [4.69, 9.17) is 8.94 Å². The van der Waals surface area contributed by atoms with Gasteiger partial charge in [-0.2, -0.15) is 4.98 Å². The van der Waals surface area contributed by atoms with Crippen LogP contribution >= 0.6 is 0 Å². The summed E-state index contributed by atoms with van der Waals surface area (Å²) >= 11 is 0. The summed E-state index contributed by atoms with van der Waals surface area (Å²) in [4.78, 5) is 12.9. The van der Waals surface area contributed by atoms with Crippen molar-refractivity contribution >= 4 is 5.96 Å². The van der Waals surface area contributed by atoms with Gasteiger partial charge >= 0.3 is 0 Å². The lowest BCUT2D eigenvalue weighted by molar-refractivity contribution is 0.368. The zero-order valence-corrected chi connectivity index (χ0v) is 16.6. The molecule has 2 aromatic rings.